The molecule has 0 bridgehead atoms. The summed E-state index contributed by atoms with van der Waals surface area (Å²) in [6.45, 7) is 3.97. The molecule has 0 spiro atoms. The number of allylic oxidation sites excluding steroid dienone is 26. The maximum Gasteiger partial charge on any atom is 0.306 e. The van der Waals surface area contributed by atoms with Crippen LogP contribution in [0.1, 0.15) is 232 Å². The van der Waals surface area contributed by atoms with E-state index < -0.39 is 6.10 Å². The lowest BCUT2D eigenvalue weighted by Crippen LogP contribution is -2.28. The molecule has 0 aromatic rings. The topological polar surface area (TPSA) is 72.8 Å². The molecule has 0 heterocycles. The van der Waals surface area contributed by atoms with Gasteiger partial charge in [-0.05, 0) is 128 Å². The highest BCUT2D eigenvalue weighted by Crippen LogP contribution is 2.13. The van der Waals surface area contributed by atoms with Crippen LogP contribution in [0.15, 0.2) is 158 Å². The zero-order chi connectivity index (χ0) is 52.0. The molecule has 5 nitrogen and oxygen atoms in total. The second kappa shape index (κ2) is 60.8. The first-order valence-corrected chi connectivity index (χ1v) is 29.0. The van der Waals surface area contributed by atoms with Gasteiger partial charge in [0, 0.05) is 12.8 Å². The summed E-state index contributed by atoms with van der Waals surface area (Å²) in [4.78, 5) is 24.5. The van der Waals surface area contributed by atoms with Gasteiger partial charge < -0.3 is 14.6 Å². The van der Waals surface area contributed by atoms with E-state index in [1.807, 2.05) is 0 Å². The minimum absolute atomic E-state index is 0.0963. The highest BCUT2D eigenvalue weighted by Gasteiger charge is 2.16. The van der Waals surface area contributed by atoms with Gasteiger partial charge in [-0.25, -0.2) is 0 Å². The van der Waals surface area contributed by atoms with E-state index in [1.165, 1.54) is 89.9 Å². The Labute approximate surface area is 443 Å². The Morgan fingerprint density at radius 3 is 0.931 bits per heavy atom. The van der Waals surface area contributed by atoms with Crippen molar-refractivity contribution in [3.8, 4) is 0 Å². The number of ether oxygens (including phenoxy) is 2. The Hall–Kier alpha value is -4.48. The molecule has 1 unspecified atom stereocenters. The molecular formula is C67H106O5. The number of hydrogen-bond acceptors (Lipinski definition) is 5. The third kappa shape index (κ3) is 58.1. The number of esters is 2. The predicted octanol–water partition coefficient (Wildman–Crippen LogP) is 20.0. The molecule has 404 valence electrons. The molecule has 72 heavy (non-hydrogen) atoms. The Morgan fingerprint density at radius 2 is 0.597 bits per heavy atom. The summed E-state index contributed by atoms with van der Waals surface area (Å²) in [6, 6.07) is 0. The average molecular weight is 992 g/mol. The van der Waals surface area contributed by atoms with Crippen LogP contribution in [0.4, 0.5) is 0 Å². The lowest BCUT2D eigenvalue weighted by atomic mass is 10.1. The first kappa shape index (κ1) is 67.5. The molecule has 5 heteroatoms. The van der Waals surface area contributed by atoms with E-state index in [4.69, 9.17) is 9.47 Å². The van der Waals surface area contributed by atoms with Crippen LogP contribution in [-0.2, 0) is 19.1 Å². The summed E-state index contributed by atoms with van der Waals surface area (Å²) in [5.74, 6) is -0.657. The number of aliphatic hydroxyl groups excluding tert-OH is 1. The van der Waals surface area contributed by atoms with Gasteiger partial charge in [0.25, 0.3) is 0 Å². The van der Waals surface area contributed by atoms with Crippen LogP contribution in [-0.4, -0.2) is 36.4 Å². The van der Waals surface area contributed by atoms with E-state index in [9.17, 15) is 14.7 Å². The summed E-state index contributed by atoms with van der Waals surface area (Å²) in [6.07, 6.45) is 93.5. The maximum atomic E-state index is 12.3. The summed E-state index contributed by atoms with van der Waals surface area (Å²) in [5, 5.41) is 9.65. The van der Waals surface area contributed by atoms with Gasteiger partial charge in [-0.15, -0.1) is 0 Å². The minimum atomic E-state index is -0.811. The van der Waals surface area contributed by atoms with Gasteiger partial charge in [0.1, 0.15) is 6.61 Å². The van der Waals surface area contributed by atoms with Crippen molar-refractivity contribution in [3.63, 3.8) is 0 Å². The van der Waals surface area contributed by atoms with Crippen LogP contribution in [0.5, 0.6) is 0 Å². The predicted molar refractivity (Wildman–Crippen MR) is 315 cm³/mol. The molecule has 1 atom stereocenters. The number of unbranched alkanes of at least 4 members (excludes halogenated alkanes) is 17. The molecule has 0 aliphatic heterocycles. The van der Waals surface area contributed by atoms with E-state index in [-0.39, 0.29) is 31.6 Å². The Bertz CT molecular complexity index is 1590. The summed E-state index contributed by atoms with van der Waals surface area (Å²) in [5.41, 5.74) is 0. The van der Waals surface area contributed by atoms with Gasteiger partial charge in [-0.1, -0.05) is 249 Å². The third-order valence-corrected chi connectivity index (χ3v) is 11.8. The number of hydrogen-bond donors (Lipinski definition) is 1. The van der Waals surface area contributed by atoms with Gasteiger partial charge in [-0.2, -0.15) is 0 Å². The molecule has 0 aliphatic rings. The van der Waals surface area contributed by atoms with Crippen molar-refractivity contribution >= 4 is 11.9 Å². The van der Waals surface area contributed by atoms with E-state index >= 15 is 0 Å². The second-order valence-corrected chi connectivity index (χ2v) is 18.6. The van der Waals surface area contributed by atoms with E-state index in [1.54, 1.807) is 0 Å². The first-order valence-electron chi connectivity index (χ1n) is 29.0. The van der Waals surface area contributed by atoms with Gasteiger partial charge >= 0.3 is 11.9 Å². The van der Waals surface area contributed by atoms with Gasteiger partial charge in [0.15, 0.2) is 6.10 Å². The van der Waals surface area contributed by atoms with Crippen molar-refractivity contribution < 1.29 is 24.2 Å². The molecule has 0 fully saturated rings. The fourth-order valence-corrected chi connectivity index (χ4v) is 7.47. The standard InChI is InChI=1S/C67H106O5/c1-3-5-7-9-11-13-15-17-19-21-23-25-27-29-30-31-32-33-34-35-36-38-40-42-44-46-48-50-52-54-56-58-60-62-67(70)72-65(63-68)64-71-66(69)61-59-57-55-53-51-49-47-45-43-41-39-37-28-26-24-22-20-18-16-14-12-10-8-6-4-2/h5,7,11,13,16-19,22-25,28-30,32-33,35-37,40,42,46,48,52,54,65,68H,3-4,6,8-10,12,14-15,20-21,26-27,31,34,38-39,41,43-45,47,49-51,53,55-64H2,1-2H3/b7-5-,13-11-,18-16-,19-17-,24-22-,25-23-,30-29-,33-32-,36-35-,37-28-,42-40-,48-46-,54-52-. The normalized spacial score (nSPS) is 13.4. The van der Waals surface area contributed by atoms with Crippen LogP contribution in [0.25, 0.3) is 0 Å². The second-order valence-electron chi connectivity index (χ2n) is 18.6. The number of carbonyl (C=O) groups excluding carboxylic acids is 2. The molecule has 0 aliphatic carbocycles. The van der Waals surface area contributed by atoms with Crippen LogP contribution in [0.2, 0.25) is 0 Å². The molecule has 0 amide bonds. The fraction of sp³-hybridized carbons (Fsp3) is 0.582. The molecule has 0 radical (unpaired) electrons. The van der Waals surface area contributed by atoms with Crippen LogP contribution in [0.3, 0.4) is 0 Å². The quantitative estimate of drug-likeness (QED) is 0.0373. The molecule has 0 saturated carbocycles. The largest absolute Gasteiger partial charge is 0.462 e. The molecule has 0 rings (SSSR count). The lowest BCUT2D eigenvalue weighted by molar-refractivity contribution is -0.161. The number of carbonyl (C=O) groups is 2. The Balaban J connectivity index is 3.68. The van der Waals surface area contributed by atoms with Crippen molar-refractivity contribution in [2.24, 2.45) is 0 Å². The van der Waals surface area contributed by atoms with Crippen molar-refractivity contribution in [1.29, 1.82) is 0 Å². The van der Waals surface area contributed by atoms with Crippen molar-refractivity contribution in [2.75, 3.05) is 13.2 Å². The van der Waals surface area contributed by atoms with Crippen molar-refractivity contribution in [1.82, 2.24) is 0 Å². The lowest BCUT2D eigenvalue weighted by Gasteiger charge is -2.15. The van der Waals surface area contributed by atoms with Gasteiger partial charge in [0.05, 0.1) is 6.61 Å². The summed E-state index contributed by atoms with van der Waals surface area (Å²) < 4.78 is 10.7. The van der Waals surface area contributed by atoms with E-state index in [0.717, 1.165) is 109 Å². The fourth-order valence-electron chi connectivity index (χ4n) is 7.47. The highest BCUT2D eigenvalue weighted by molar-refractivity contribution is 5.70. The Morgan fingerprint density at radius 1 is 0.333 bits per heavy atom. The molecular weight excluding hydrogens is 885 g/mol. The van der Waals surface area contributed by atoms with Crippen LogP contribution < -0.4 is 0 Å². The van der Waals surface area contributed by atoms with E-state index in [0.29, 0.717) is 12.8 Å². The zero-order valence-corrected chi connectivity index (χ0v) is 46.1. The first-order chi connectivity index (χ1) is 35.6. The van der Waals surface area contributed by atoms with Crippen LogP contribution >= 0.6 is 0 Å². The minimum Gasteiger partial charge on any atom is -0.462 e. The zero-order valence-electron chi connectivity index (χ0n) is 46.1. The van der Waals surface area contributed by atoms with Gasteiger partial charge in [-0.3, -0.25) is 9.59 Å². The molecule has 1 N–H and O–H groups in total. The molecule has 0 aromatic heterocycles. The average Bonchev–Trinajstić information content (AvgIpc) is 3.38. The number of aliphatic hydroxyl groups is 1. The van der Waals surface area contributed by atoms with Gasteiger partial charge in [0.2, 0.25) is 0 Å². The summed E-state index contributed by atoms with van der Waals surface area (Å²) in [7, 11) is 0. The smallest absolute Gasteiger partial charge is 0.306 e. The van der Waals surface area contributed by atoms with Crippen molar-refractivity contribution in [2.45, 2.75) is 238 Å². The van der Waals surface area contributed by atoms with Crippen molar-refractivity contribution in [3.05, 3.63) is 158 Å². The molecule has 0 aromatic carbocycles. The third-order valence-electron chi connectivity index (χ3n) is 11.8. The number of rotatable bonds is 51. The SMILES string of the molecule is CC/C=C\C/C=C\C/C=C\C/C=C\C/C=C\C/C=C\C/C=C\C/C=C\C/C=C\C/C=C\CCCCC(=O)OC(CO)COC(=O)CCCCCCCCCCCC/C=C\C/C=C\C/C=C\CCCCCCC. The monoisotopic (exact) mass is 991 g/mol. The Kier molecular flexibility index (Phi) is 57.0. The highest BCUT2D eigenvalue weighted by atomic mass is 16.6. The maximum absolute atomic E-state index is 12.3. The summed E-state index contributed by atoms with van der Waals surface area (Å²) >= 11 is 0. The van der Waals surface area contributed by atoms with Crippen LogP contribution in [0, 0.1) is 0 Å². The molecule has 0 saturated heterocycles. The van der Waals surface area contributed by atoms with E-state index in [2.05, 4.69) is 172 Å².